The van der Waals surface area contributed by atoms with Crippen LogP contribution in [0.5, 0.6) is 0 Å². The van der Waals surface area contributed by atoms with Gasteiger partial charge in [-0.25, -0.2) is 0 Å². The first kappa shape index (κ1) is 13.4. The molecule has 2 aliphatic rings. The molecule has 2 N–H and O–H groups in total. The van der Waals surface area contributed by atoms with Gasteiger partial charge in [0.15, 0.2) is 0 Å². The van der Waals surface area contributed by atoms with E-state index in [1.165, 1.54) is 45.2 Å². The van der Waals surface area contributed by atoms with E-state index in [-0.39, 0.29) is 0 Å². The van der Waals surface area contributed by atoms with Crippen LogP contribution in [0.3, 0.4) is 0 Å². The standard InChI is InChI=1S/C15H30N2/c1-12-5-4-6-17(10-12)15(11-16)8-13(2)7-14(3)9-15/h12-14H,4-11,16H2,1-3H3. The molecule has 2 rings (SSSR count). The molecule has 0 spiro atoms. The summed E-state index contributed by atoms with van der Waals surface area (Å²) in [5.74, 6) is 2.55. The van der Waals surface area contributed by atoms with Gasteiger partial charge in [0, 0.05) is 18.6 Å². The Hall–Kier alpha value is -0.0800. The van der Waals surface area contributed by atoms with Crippen LogP contribution in [0.1, 0.15) is 52.9 Å². The van der Waals surface area contributed by atoms with E-state index in [0.29, 0.717) is 5.54 Å². The molecule has 0 radical (unpaired) electrons. The van der Waals surface area contributed by atoms with Crippen molar-refractivity contribution in [3.63, 3.8) is 0 Å². The minimum Gasteiger partial charge on any atom is -0.329 e. The van der Waals surface area contributed by atoms with Crippen LogP contribution < -0.4 is 5.73 Å². The minimum atomic E-state index is 0.325. The number of nitrogens with two attached hydrogens (primary N) is 1. The fourth-order valence-corrected chi connectivity index (χ4v) is 4.41. The summed E-state index contributed by atoms with van der Waals surface area (Å²) in [6.45, 7) is 10.6. The first-order valence-corrected chi connectivity index (χ1v) is 7.51. The Morgan fingerprint density at radius 3 is 2.29 bits per heavy atom. The molecule has 0 aromatic carbocycles. The third kappa shape index (κ3) is 2.85. The second-order valence-electron chi connectivity index (χ2n) is 6.98. The number of hydrogen-bond acceptors (Lipinski definition) is 2. The van der Waals surface area contributed by atoms with Crippen LogP contribution in [0.4, 0.5) is 0 Å². The molecular weight excluding hydrogens is 208 g/mol. The lowest BCUT2D eigenvalue weighted by Gasteiger charge is -2.52. The van der Waals surface area contributed by atoms with Gasteiger partial charge in [0.25, 0.3) is 0 Å². The van der Waals surface area contributed by atoms with Crippen LogP contribution >= 0.6 is 0 Å². The highest BCUT2D eigenvalue weighted by molar-refractivity contribution is 4.98. The molecule has 0 aromatic heterocycles. The van der Waals surface area contributed by atoms with Crippen LogP contribution in [-0.2, 0) is 0 Å². The summed E-state index contributed by atoms with van der Waals surface area (Å²) >= 11 is 0. The Labute approximate surface area is 107 Å². The van der Waals surface area contributed by atoms with Crippen molar-refractivity contribution >= 4 is 0 Å². The Morgan fingerprint density at radius 1 is 1.12 bits per heavy atom. The molecule has 1 saturated carbocycles. The molecule has 0 amide bonds. The van der Waals surface area contributed by atoms with E-state index in [2.05, 4.69) is 25.7 Å². The fraction of sp³-hybridized carbons (Fsp3) is 1.00. The SMILES string of the molecule is CC1CCCN(C2(CN)CC(C)CC(C)C2)C1. The number of piperidine rings is 1. The van der Waals surface area contributed by atoms with E-state index in [9.17, 15) is 0 Å². The zero-order valence-corrected chi connectivity index (χ0v) is 11.9. The molecule has 1 aliphatic carbocycles. The van der Waals surface area contributed by atoms with E-state index < -0.39 is 0 Å². The molecule has 2 nitrogen and oxygen atoms in total. The van der Waals surface area contributed by atoms with Crippen molar-refractivity contribution in [2.45, 2.75) is 58.4 Å². The summed E-state index contributed by atoms with van der Waals surface area (Å²) in [5.41, 5.74) is 6.52. The van der Waals surface area contributed by atoms with E-state index in [0.717, 1.165) is 24.3 Å². The van der Waals surface area contributed by atoms with Crippen molar-refractivity contribution in [1.29, 1.82) is 0 Å². The zero-order valence-electron chi connectivity index (χ0n) is 11.9. The van der Waals surface area contributed by atoms with Crippen molar-refractivity contribution in [1.82, 2.24) is 4.90 Å². The molecule has 0 bridgehead atoms. The van der Waals surface area contributed by atoms with Crippen molar-refractivity contribution in [3.05, 3.63) is 0 Å². The molecule has 1 aliphatic heterocycles. The lowest BCUT2D eigenvalue weighted by Crippen LogP contribution is -2.59. The minimum absolute atomic E-state index is 0.325. The molecule has 1 saturated heterocycles. The monoisotopic (exact) mass is 238 g/mol. The smallest absolute Gasteiger partial charge is 0.0336 e. The lowest BCUT2D eigenvalue weighted by molar-refractivity contribution is -0.00581. The second-order valence-corrected chi connectivity index (χ2v) is 6.98. The lowest BCUT2D eigenvalue weighted by atomic mass is 9.70. The summed E-state index contributed by atoms with van der Waals surface area (Å²) < 4.78 is 0. The Kier molecular flexibility index (Phi) is 4.14. The van der Waals surface area contributed by atoms with Gasteiger partial charge < -0.3 is 5.73 Å². The van der Waals surface area contributed by atoms with E-state index >= 15 is 0 Å². The van der Waals surface area contributed by atoms with Gasteiger partial charge in [-0.2, -0.15) is 0 Å². The molecule has 100 valence electrons. The topological polar surface area (TPSA) is 29.3 Å². The van der Waals surface area contributed by atoms with E-state index in [4.69, 9.17) is 5.73 Å². The zero-order chi connectivity index (χ0) is 12.5. The molecular formula is C15H30N2. The Bertz CT molecular complexity index is 241. The van der Waals surface area contributed by atoms with E-state index in [1.807, 2.05) is 0 Å². The van der Waals surface area contributed by atoms with Crippen LogP contribution in [0, 0.1) is 17.8 Å². The first-order valence-electron chi connectivity index (χ1n) is 7.51. The largest absolute Gasteiger partial charge is 0.329 e. The van der Waals surface area contributed by atoms with Gasteiger partial charge >= 0.3 is 0 Å². The van der Waals surface area contributed by atoms with Crippen LogP contribution in [0.2, 0.25) is 0 Å². The second kappa shape index (κ2) is 5.27. The van der Waals surface area contributed by atoms with Gasteiger partial charge in [0.2, 0.25) is 0 Å². The predicted octanol–water partition coefficient (Wildman–Crippen LogP) is 2.87. The number of hydrogen-bond donors (Lipinski definition) is 1. The Morgan fingerprint density at radius 2 is 1.76 bits per heavy atom. The summed E-state index contributed by atoms with van der Waals surface area (Å²) in [4.78, 5) is 2.74. The summed E-state index contributed by atoms with van der Waals surface area (Å²) in [7, 11) is 0. The predicted molar refractivity (Wildman–Crippen MR) is 73.9 cm³/mol. The summed E-state index contributed by atoms with van der Waals surface area (Å²) in [5, 5.41) is 0. The van der Waals surface area contributed by atoms with Gasteiger partial charge in [0.05, 0.1) is 0 Å². The van der Waals surface area contributed by atoms with E-state index in [1.54, 1.807) is 0 Å². The quantitative estimate of drug-likeness (QED) is 0.801. The van der Waals surface area contributed by atoms with Gasteiger partial charge in [-0.05, 0) is 56.4 Å². The maximum Gasteiger partial charge on any atom is 0.0336 e. The average Bonchev–Trinajstić information content (AvgIpc) is 2.27. The van der Waals surface area contributed by atoms with Gasteiger partial charge in [-0.3, -0.25) is 4.90 Å². The number of likely N-dealkylation sites (tertiary alicyclic amines) is 1. The molecule has 17 heavy (non-hydrogen) atoms. The highest BCUT2D eigenvalue weighted by atomic mass is 15.2. The molecule has 0 aromatic rings. The number of nitrogens with zero attached hydrogens (tertiary/aromatic N) is 1. The molecule has 1 heterocycles. The van der Waals surface area contributed by atoms with Crippen LogP contribution in [0.15, 0.2) is 0 Å². The first-order chi connectivity index (χ1) is 8.05. The van der Waals surface area contributed by atoms with Crippen molar-refractivity contribution in [3.8, 4) is 0 Å². The van der Waals surface area contributed by atoms with Gasteiger partial charge in [0.1, 0.15) is 0 Å². The van der Waals surface area contributed by atoms with Gasteiger partial charge in [-0.15, -0.1) is 0 Å². The highest BCUT2D eigenvalue weighted by Crippen LogP contribution is 2.40. The maximum absolute atomic E-state index is 6.20. The summed E-state index contributed by atoms with van der Waals surface area (Å²) in [6.07, 6.45) is 6.81. The van der Waals surface area contributed by atoms with Crippen molar-refractivity contribution < 1.29 is 0 Å². The Balaban J connectivity index is 2.11. The third-order valence-electron chi connectivity index (χ3n) is 4.97. The highest BCUT2D eigenvalue weighted by Gasteiger charge is 2.42. The average molecular weight is 238 g/mol. The van der Waals surface area contributed by atoms with Crippen molar-refractivity contribution in [2.75, 3.05) is 19.6 Å². The number of rotatable bonds is 2. The van der Waals surface area contributed by atoms with Crippen LogP contribution in [0.25, 0.3) is 0 Å². The van der Waals surface area contributed by atoms with Crippen molar-refractivity contribution in [2.24, 2.45) is 23.5 Å². The third-order valence-corrected chi connectivity index (χ3v) is 4.97. The normalized spacial score (nSPS) is 44.8. The van der Waals surface area contributed by atoms with Crippen LogP contribution in [-0.4, -0.2) is 30.1 Å². The molecule has 3 atom stereocenters. The fourth-order valence-electron chi connectivity index (χ4n) is 4.41. The summed E-state index contributed by atoms with van der Waals surface area (Å²) in [6, 6.07) is 0. The van der Waals surface area contributed by atoms with Gasteiger partial charge in [-0.1, -0.05) is 20.8 Å². The molecule has 2 heteroatoms. The molecule has 3 unspecified atom stereocenters. The maximum atomic E-state index is 6.20. The molecule has 2 fully saturated rings.